The molecule has 0 spiro atoms. The van der Waals surface area contributed by atoms with Crippen LogP contribution in [-0.2, 0) is 11.3 Å². The number of aliphatic hydroxyl groups is 1. The molecule has 0 radical (unpaired) electrons. The van der Waals surface area contributed by atoms with Crippen LogP contribution < -0.4 is 9.47 Å². The number of ether oxygens (including phenoxy) is 2. The lowest BCUT2D eigenvalue weighted by Gasteiger charge is -2.27. The number of carbonyl (C=O) groups is 2. The molecule has 1 aromatic carbocycles. The van der Waals surface area contributed by atoms with E-state index in [4.69, 9.17) is 9.47 Å². The van der Waals surface area contributed by atoms with Crippen LogP contribution in [0.2, 0.25) is 0 Å². The molecule has 1 unspecified atom stereocenters. The maximum atomic E-state index is 13.5. The number of amides is 1. The molecule has 2 aromatic heterocycles. The zero-order valence-corrected chi connectivity index (χ0v) is 21.3. The van der Waals surface area contributed by atoms with Crippen molar-refractivity contribution < 1.29 is 24.2 Å². The molecule has 36 heavy (non-hydrogen) atoms. The highest BCUT2D eigenvalue weighted by Crippen LogP contribution is 2.42. The van der Waals surface area contributed by atoms with Gasteiger partial charge in [0.1, 0.15) is 0 Å². The molecule has 1 amide bonds. The Labute approximate surface area is 215 Å². The summed E-state index contributed by atoms with van der Waals surface area (Å²) in [7, 11) is 0. The van der Waals surface area contributed by atoms with Gasteiger partial charge in [0.2, 0.25) is 5.78 Å². The first-order valence-electron chi connectivity index (χ1n) is 12.2. The number of thiophene rings is 1. The molecule has 3 heterocycles. The lowest BCUT2D eigenvalue weighted by atomic mass is 9.95. The van der Waals surface area contributed by atoms with Crippen LogP contribution >= 0.6 is 11.3 Å². The molecule has 0 fully saturated rings. The Bertz CT molecular complexity index is 1220. The van der Waals surface area contributed by atoms with Crippen LogP contribution in [0.4, 0.5) is 0 Å². The van der Waals surface area contributed by atoms with E-state index >= 15 is 0 Å². The van der Waals surface area contributed by atoms with Crippen molar-refractivity contribution in [2.24, 2.45) is 0 Å². The van der Waals surface area contributed by atoms with Gasteiger partial charge in [-0.1, -0.05) is 38.0 Å². The third-order valence-electron chi connectivity index (χ3n) is 5.96. The number of unbranched alkanes of at least 4 members (excludes halogenated alkanes) is 2. The van der Waals surface area contributed by atoms with Crippen LogP contribution in [0.25, 0.3) is 0 Å². The quantitative estimate of drug-likeness (QED) is 0.243. The minimum atomic E-state index is -0.791. The van der Waals surface area contributed by atoms with Gasteiger partial charge in [0.25, 0.3) is 5.91 Å². The van der Waals surface area contributed by atoms with E-state index in [0.717, 1.165) is 24.8 Å². The van der Waals surface area contributed by atoms with E-state index < -0.39 is 17.7 Å². The topological polar surface area (TPSA) is 89.0 Å². The van der Waals surface area contributed by atoms with Crippen molar-refractivity contribution in [2.75, 3.05) is 13.2 Å². The van der Waals surface area contributed by atoms with Gasteiger partial charge in [-0.05, 0) is 54.1 Å². The number of Topliss-reactive ketones (excluding diaryl/α,β-unsaturated/α-hetero) is 1. The molecule has 1 aliphatic heterocycles. The fraction of sp³-hybridized carbons (Fsp3) is 0.321. The van der Waals surface area contributed by atoms with E-state index in [0.29, 0.717) is 35.2 Å². The molecule has 188 valence electrons. The summed E-state index contributed by atoms with van der Waals surface area (Å²) in [6.45, 7) is 5.21. The molecule has 8 heteroatoms. The normalized spacial score (nSPS) is 15.4. The van der Waals surface area contributed by atoms with Gasteiger partial charge in [-0.2, -0.15) is 0 Å². The average Bonchev–Trinajstić information content (AvgIpc) is 3.51. The number of nitrogens with zero attached hydrogens (tertiary/aromatic N) is 2. The van der Waals surface area contributed by atoms with Crippen LogP contribution in [0.5, 0.6) is 11.5 Å². The Morgan fingerprint density at radius 3 is 2.67 bits per heavy atom. The highest BCUT2D eigenvalue weighted by atomic mass is 32.1. The first-order chi connectivity index (χ1) is 17.5. The number of hydrogen-bond acceptors (Lipinski definition) is 7. The van der Waals surface area contributed by atoms with Gasteiger partial charge in [-0.3, -0.25) is 14.6 Å². The summed E-state index contributed by atoms with van der Waals surface area (Å²) in [5, 5.41) is 12.7. The van der Waals surface area contributed by atoms with E-state index in [-0.39, 0.29) is 17.9 Å². The minimum absolute atomic E-state index is 0.0606. The zero-order valence-electron chi connectivity index (χ0n) is 20.5. The van der Waals surface area contributed by atoms with Gasteiger partial charge >= 0.3 is 0 Å². The predicted molar refractivity (Wildman–Crippen MR) is 138 cm³/mol. The van der Waals surface area contributed by atoms with E-state index in [2.05, 4.69) is 11.9 Å². The van der Waals surface area contributed by atoms with Crippen molar-refractivity contribution in [3.63, 3.8) is 0 Å². The second kappa shape index (κ2) is 11.9. The van der Waals surface area contributed by atoms with Crippen molar-refractivity contribution in [3.05, 3.63) is 87.6 Å². The minimum Gasteiger partial charge on any atom is -0.503 e. The number of hydrogen-bond donors (Lipinski definition) is 1. The molecule has 1 atom stereocenters. The van der Waals surface area contributed by atoms with E-state index in [1.54, 1.807) is 42.0 Å². The standard InChI is InChI=1S/C28H30N2O5S/c1-3-5-6-14-35-21-12-11-20(16-22(21)34-4-2)25-24(26(31)23-10-8-15-36-23)27(32)28(33)30(25)18-19-9-7-13-29-17-19/h7-13,15-17,25,32H,3-6,14,18H2,1-2H3. The smallest absolute Gasteiger partial charge is 0.290 e. The Morgan fingerprint density at radius 1 is 1.11 bits per heavy atom. The Balaban J connectivity index is 1.74. The fourth-order valence-electron chi connectivity index (χ4n) is 4.24. The van der Waals surface area contributed by atoms with Gasteiger partial charge in [-0.25, -0.2) is 0 Å². The number of aromatic nitrogens is 1. The number of pyridine rings is 1. The Morgan fingerprint density at radius 2 is 1.97 bits per heavy atom. The van der Waals surface area contributed by atoms with Gasteiger partial charge in [-0.15, -0.1) is 11.3 Å². The van der Waals surface area contributed by atoms with Gasteiger partial charge < -0.3 is 19.5 Å². The van der Waals surface area contributed by atoms with Gasteiger partial charge in [0, 0.05) is 18.9 Å². The maximum absolute atomic E-state index is 13.5. The van der Waals surface area contributed by atoms with Gasteiger partial charge in [0.15, 0.2) is 17.3 Å². The van der Waals surface area contributed by atoms with Crippen LogP contribution in [-0.4, -0.2) is 39.9 Å². The van der Waals surface area contributed by atoms with Gasteiger partial charge in [0.05, 0.1) is 29.7 Å². The Kier molecular flexibility index (Phi) is 8.38. The molecule has 1 aliphatic rings. The van der Waals surface area contributed by atoms with Crippen LogP contribution in [0.3, 0.4) is 0 Å². The van der Waals surface area contributed by atoms with Crippen molar-refractivity contribution >= 4 is 23.0 Å². The molecule has 0 saturated carbocycles. The molecule has 7 nitrogen and oxygen atoms in total. The maximum Gasteiger partial charge on any atom is 0.290 e. The summed E-state index contributed by atoms with van der Waals surface area (Å²) >= 11 is 1.27. The highest BCUT2D eigenvalue weighted by molar-refractivity contribution is 7.12. The number of ketones is 1. The van der Waals surface area contributed by atoms with E-state index in [1.807, 2.05) is 25.1 Å². The second-order valence-corrected chi connectivity index (χ2v) is 9.41. The van der Waals surface area contributed by atoms with Crippen molar-refractivity contribution in [1.29, 1.82) is 0 Å². The summed E-state index contributed by atoms with van der Waals surface area (Å²) < 4.78 is 11.8. The first-order valence-corrected chi connectivity index (χ1v) is 13.0. The van der Waals surface area contributed by atoms with Crippen LogP contribution in [0, 0.1) is 0 Å². The molecular formula is C28H30N2O5S. The Hall–Kier alpha value is -3.65. The number of carbonyl (C=O) groups excluding carboxylic acids is 2. The summed E-state index contributed by atoms with van der Waals surface area (Å²) in [5.74, 6) is -0.345. The molecular weight excluding hydrogens is 476 g/mol. The largest absolute Gasteiger partial charge is 0.503 e. The van der Waals surface area contributed by atoms with Crippen molar-refractivity contribution in [2.45, 2.75) is 45.7 Å². The number of benzene rings is 1. The van der Waals surface area contributed by atoms with E-state index in [1.165, 1.54) is 16.2 Å². The summed E-state index contributed by atoms with van der Waals surface area (Å²) in [5.41, 5.74) is 1.50. The molecule has 0 bridgehead atoms. The third-order valence-corrected chi connectivity index (χ3v) is 6.83. The van der Waals surface area contributed by atoms with Crippen LogP contribution in [0.1, 0.15) is 60.0 Å². The summed E-state index contributed by atoms with van der Waals surface area (Å²) in [6, 6.07) is 11.7. The average molecular weight is 507 g/mol. The monoisotopic (exact) mass is 506 g/mol. The zero-order chi connectivity index (χ0) is 25.5. The molecule has 1 N–H and O–H groups in total. The fourth-order valence-corrected chi connectivity index (χ4v) is 4.92. The van der Waals surface area contributed by atoms with Crippen molar-refractivity contribution in [1.82, 2.24) is 9.88 Å². The van der Waals surface area contributed by atoms with Crippen LogP contribution in [0.15, 0.2) is 71.6 Å². The molecule has 4 rings (SSSR count). The first kappa shape index (κ1) is 25.4. The molecule has 3 aromatic rings. The SMILES string of the molecule is CCCCCOc1ccc(C2C(C(=O)c3cccs3)=C(O)C(=O)N2Cc2cccnc2)cc1OCC. The molecule has 0 saturated heterocycles. The van der Waals surface area contributed by atoms with Crippen molar-refractivity contribution in [3.8, 4) is 11.5 Å². The lowest BCUT2D eigenvalue weighted by Crippen LogP contribution is -2.30. The summed E-state index contributed by atoms with van der Waals surface area (Å²) in [4.78, 5) is 32.8. The molecule has 0 aliphatic carbocycles. The predicted octanol–water partition coefficient (Wildman–Crippen LogP) is 5.89. The number of aliphatic hydroxyl groups excluding tert-OH is 1. The number of rotatable bonds is 12. The summed E-state index contributed by atoms with van der Waals surface area (Å²) in [6.07, 6.45) is 6.44. The van der Waals surface area contributed by atoms with E-state index in [9.17, 15) is 14.7 Å². The highest BCUT2D eigenvalue weighted by Gasteiger charge is 2.44. The second-order valence-electron chi connectivity index (χ2n) is 8.46. The third kappa shape index (κ3) is 5.44. The lowest BCUT2D eigenvalue weighted by molar-refractivity contribution is -0.130.